The summed E-state index contributed by atoms with van der Waals surface area (Å²) in [6.07, 6.45) is 0. The van der Waals surface area contributed by atoms with Crippen molar-refractivity contribution in [3.8, 4) is 11.3 Å². The number of fused-ring (bicyclic) bond motifs is 1. The van der Waals surface area contributed by atoms with Crippen LogP contribution in [-0.4, -0.2) is 21.2 Å². The first-order chi connectivity index (χ1) is 14.6. The molecular formula is C23H16ClN3O3. The van der Waals surface area contributed by atoms with Gasteiger partial charge in [0.15, 0.2) is 0 Å². The Hall–Kier alpha value is -3.64. The number of para-hydroxylation sites is 2. The zero-order chi connectivity index (χ0) is 20.8. The fourth-order valence-electron chi connectivity index (χ4n) is 4.09. The molecule has 0 saturated carbocycles. The first-order valence-corrected chi connectivity index (χ1v) is 9.88. The molecule has 4 aromatic rings. The van der Waals surface area contributed by atoms with E-state index in [-0.39, 0.29) is 11.6 Å². The number of amides is 1. The number of nitro groups is 1. The summed E-state index contributed by atoms with van der Waals surface area (Å²) in [4.78, 5) is 29.1. The van der Waals surface area contributed by atoms with Gasteiger partial charge in [0.2, 0.25) is 5.91 Å². The standard InChI is InChI=1S/C23H16ClN3O3/c24-19-21(16-11-5-7-13-18(16)27(29)30)26(23(19)28)22-15-10-4-6-12-17(15)25-20(22)14-8-2-1-3-9-14/h1-13,19,21,25H. The number of β-lactam (4-membered cyclic amide) rings is 1. The zero-order valence-corrected chi connectivity index (χ0v) is 16.4. The maximum absolute atomic E-state index is 13.0. The lowest BCUT2D eigenvalue weighted by Crippen LogP contribution is -2.56. The number of halogens is 1. The smallest absolute Gasteiger partial charge is 0.274 e. The Morgan fingerprint density at radius 1 is 0.933 bits per heavy atom. The number of nitro benzene ring substituents is 1. The topological polar surface area (TPSA) is 79.2 Å². The normalized spacial score (nSPS) is 18.4. The van der Waals surface area contributed by atoms with Gasteiger partial charge in [0.25, 0.3) is 5.69 Å². The van der Waals surface area contributed by atoms with Crippen LogP contribution >= 0.6 is 11.6 Å². The first-order valence-electron chi connectivity index (χ1n) is 9.44. The van der Waals surface area contributed by atoms with Crippen molar-refractivity contribution in [2.24, 2.45) is 0 Å². The fraction of sp³-hybridized carbons (Fsp3) is 0.0870. The zero-order valence-electron chi connectivity index (χ0n) is 15.7. The highest BCUT2D eigenvalue weighted by atomic mass is 35.5. The second kappa shape index (κ2) is 7.00. The predicted molar refractivity (Wildman–Crippen MR) is 117 cm³/mol. The van der Waals surface area contributed by atoms with Crippen LogP contribution in [0.15, 0.2) is 78.9 Å². The molecule has 1 fully saturated rings. The van der Waals surface area contributed by atoms with Gasteiger partial charge in [-0.1, -0.05) is 60.7 Å². The SMILES string of the molecule is O=C1C(Cl)C(c2ccccc2[N+](=O)[O-])N1c1c(-c2ccccc2)[nH]c2ccccc12. The Balaban J connectivity index is 1.74. The molecule has 0 radical (unpaired) electrons. The van der Waals surface area contributed by atoms with Crippen molar-refractivity contribution in [2.75, 3.05) is 4.90 Å². The minimum absolute atomic E-state index is 0.0493. The highest BCUT2D eigenvalue weighted by molar-refractivity contribution is 6.38. The molecule has 3 aromatic carbocycles. The molecule has 2 atom stereocenters. The number of H-pyrrole nitrogens is 1. The molecule has 148 valence electrons. The number of rotatable bonds is 4. The van der Waals surface area contributed by atoms with E-state index < -0.39 is 16.3 Å². The molecule has 0 bridgehead atoms. The third kappa shape index (κ3) is 2.69. The molecule has 2 unspecified atom stereocenters. The van der Waals surface area contributed by atoms with Crippen LogP contribution in [0.25, 0.3) is 22.2 Å². The van der Waals surface area contributed by atoms with E-state index in [0.29, 0.717) is 11.3 Å². The summed E-state index contributed by atoms with van der Waals surface area (Å²) in [5.74, 6) is -0.276. The molecule has 1 aliphatic heterocycles. The number of nitrogens with zero attached hydrogens (tertiary/aromatic N) is 2. The van der Waals surface area contributed by atoms with Crippen LogP contribution in [0.4, 0.5) is 11.4 Å². The fourth-order valence-corrected chi connectivity index (χ4v) is 4.45. The van der Waals surface area contributed by atoms with Gasteiger partial charge in [0.05, 0.1) is 27.9 Å². The molecular weight excluding hydrogens is 402 g/mol. The number of alkyl halides is 1. The van der Waals surface area contributed by atoms with Gasteiger partial charge in [-0.2, -0.15) is 0 Å². The van der Waals surface area contributed by atoms with E-state index in [4.69, 9.17) is 11.6 Å². The van der Waals surface area contributed by atoms with Crippen LogP contribution in [0.3, 0.4) is 0 Å². The number of aromatic amines is 1. The molecule has 1 aromatic heterocycles. The number of anilines is 1. The highest BCUT2D eigenvalue weighted by Gasteiger charge is 2.51. The van der Waals surface area contributed by atoms with Crippen LogP contribution in [-0.2, 0) is 4.79 Å². The van der Waals surface area contributed by atoms with Gasteiger partial charge in [-0.25, -0.2) is 0 Å². The third-order valence-electron chi connectivity index (χ3n) is 5.46. The van der Waals surface area contributed by atoms with E-state index >= 15 is 0 Å². The van der Waals surface area contributed by atoms with Gasteiger partial charge in [-0.15, -0.1) is 11.6 Å². The van der Waals surface area contributed by atoms with Crippen molar-refractivity contribution in [1.29, 1.82) is 0 Å². The largest absolute Gasteiger partial charge is 0.353 e. The van der Waals surface area contributed by atoms with Crippen molar-refractivity contribution < 1.29 is 9.72 Å². The van der Waals surface area contributed by atoms with Gasteiger partial charge in [-0.05, 0) is 12.1 Å². The van der Waals surface area contributed by atoms with Crippen molar-refractivity contribution in [1.82, 2.24) is 4.98 Å². The minimum Gasteiger partial charge on any atom is -0.353 e. The summed E-state index contributed by atoms with van der Waals surface area (Å²) in [6.45, 7) is 0. The Bertz CT molecular complexity index is 1290. The number of carbonyl (C=O) groups excluding carboxylic acids is 1. The molecule has 1 aliphatic rings. The quantitative estimate of drug-likeness (QED) is 0.208. The molecule has 0 aliphatic carbocycles. The van der Waals surface area contributed by atoms with Crippen LogP contribution in [0.1, 0.15) is 11.6 Å². The Morgan fingerprint density at radius 2 is 1.60 bits per heavy atom. The van der Waals surface area contributed by atoms with E-state index in [9.17, 15) is 14.9 Å². The molecule has 5 rings (SSSR count). The predicted octanol–water partition coefficient (Wildman–Crippen LogP) is 5.44. The summed E-state index contributed by atoms with van der Waals surface area (Å²) in [5.41, 5.74) is 3.62. The summed E-state index contributed by atoms with van der Waals surface area (Å²) < 4.78 is 0. The van der Waals surface area contributed by atoms with Crippen molar-refractivity contribution in [3.05, 3.63) is 94.5 Å². The summed E-state index contributed by atoms with van der Waals surface area (Å²) in [7, 11) is 0. The molecule has 1 saturated heterocycles. The number of hydrogen-bond donors (Lipinski definition) is 1. The van der Waals surface area contributed by atoms with E-state index in [0.717, 1.165) is 22.2 Å². The average Bonchev–Trinajstić information content (AvgIpc) is 3.16. The van der Waals surface area contributed by atoms with Crippen LogP contribution in [0, 0.1) is 10.1 Å². The van der Waals surface area contributed by atoms with Gasteiger partial charge in [0, 0.05) is 22.5 Å². The van der Waals surface area contributed by atoms with Gasteiger partial charge < -0.3 is 4.98 Å². The molecule has 0 spiro atoms. The Morgan fingerprint density at radius 3 is 2.37 bits per heavy atom. The lowest BCUT2D eigenvalue weighted by atomic mass is 9.90. The highest BCUT2D eigenvalue weighted by Crippen LogP contribution is 2.50. The molecule has 1 amide bonds. The van der Waals surface area contributed by atoms with Crippen LogP contribution in [0.2, 0.25) is 0 Å². The summed E-state index contributed by atoms with van der Waals surface area (Å²) in [6, 6.07) is 23.2. The minimum atomic E-state index is -0.872. The molecule has 1 N–H and O–H groups in total. The number of carbonyl (C=O) groups is 1. The lowest BCUT2D eigenvalue weighted by Gasteiger charge is -2.44. The van der Waals surface area contributed by atoms with Gasteiger partial charge in [0.1, 0.15) is 5.38 Å². The van der Waals surface area contributed by atoms with Crippen molar-refractivity contribution in [2.45, 2.75) is 11.4 Å². The Labute approximate surface area is 176 Å². The second-order valence-corrected chi connectivity index (χ2v) is 7.60. The number of hydrogen-bond acceptors (Lipinski definition) is 3. The maximum atomic E-state index is 13.0. The van der Waals surface area contributed by atoms with E-state index in [1.54, 1.807) is 23.1 Å². The van der Waals surface area contributed by atoms with Crippen LogP contribution < -0.4 is 4.90 Å². The molecule has 30 heavy (non-hydrogen) atoms. The number of nitrogens with one attached hydrogen (secondary N) is 1. The van der Waals surface area contributed by atoms with Gasteiger partial charge >= 0.3 is 0 Å². The number of benzene rings is 3. The van der Waals surface area contributed by atoms with E-state index in [1.807, 2.05) is 54.6 Å². The van der Waals surface area contributed by atoms with Gasteiger partial charge in [-0.3, -0.25) is 19.8 Å². The second-order valence-electron chi connectivity index (χ2n) is 7.13. The first kappa shape index (κ1) is 18.4. The molecule has 2 heterocycles. The third-order valence-corrected chi connectivity index (χ3v) is 5.89. The monoisotopic (exact) mass is 417 g/mol. The average molecular weight is 418 g/mol. The van der Waals surface area contributed by atoms with E-state index in [1.165, 1.54) is 6.07 Å². The van der Waals surface area contributed by atoms with Crippen molar-refractivity contribution in [3.63, 3.8) is 0 Å². The number of aromatic nitrogens is 1. The molecule has 6 nitrogen and oxygen atoms in total. The van der Waals surface area contributed by atoms with E-state index in [2.05, 4.69) is 4.98 Å². The summed E-state index contributed by atoms with van der Waals surface area (Å²) >= 11 is 6.41. The maximum Gasteiger partial charge on any atom is 0.274 e. The van der Waals surface area contributed by atoms with Crippen molar-refractivity contribution >= 4 is 39.8 Å². The Kier molecular flexibility index (Phi) is 4.29. The lowest BCUT2D eigenvalue weighted by molar-refractivity contribution is -0.385. The summed E-state index contributed by atoms with van der Waals surface area (Å²) in [5, 5.41) is 11.6. The molecule has 7 heteroatoms. The van der Waals surface area contributed by atoms with Crippen LogP contribution in [0.5, 0.6) is 0 Å².